The largest absolute Gasteiger partial charge is 0.444 e. The van der Waals surface area contributed by atoms with E-state index in [4.69, 9.17) is 10.2 Å². The second kappa shape index (κ2) is 11.0. The van der Waals surface area contributed by atoms with Gasteiger partial charge in [0.05, 0.1) is 0 Å². The third-order valence-corrected chi connectivity index (χ3v) is 10.8. The summed E-state index contributed by atoms with van der Waals surface area (Å²) in [4.78, 5) is 23.7. The zero-order valence-electron chi connectivity index (χ0n) is 19.8. The molecule has 2 N–H and O–H groups in total. The predicted octanol–water partition coefficient (Wildman–Crippen LogP) is 3.44. The van der Waals surface area contributed by atoms with E-state index >= 15 is 0 Å². The van der Waals surface area contributed by atoms with Crippen LogP contribution in [0.2, 0.25) is 5.04 Å². The van der Waals surface area contributed by atoms with Crippen molar-refractivity contribution in [2.45, 2.75) is 44.4 Å². The Balaban J connectivity index is 2.31. The van der Waals surface area contributed by atoms with Crippen LogP contribution >= 0.6 is 0 Å². The van der Waals surface area contributed by atoms with E-state index in [2.05, 4.69) is 25.5 Å². The number of likely N-dealkylation sites (N-methyl/N-ethyl adjacent to an activating group) is 1. The minimum Gasteiger partial charge on any atom is -0.444 e. The Morgan fingerprint density at radius 3 is 1.85 bits per heavy atom. The highest BCUT2D eigenvalue weighted by Crippen LogP contribution is 2.37. The van der Waals surface area contributed by atoms with Gasteiger partial charge in [-0.1, -0.05) is 81.4 Å². The maximum absolute atomic E-state index is 14.9. The summed E-state index contributed by atoms with van der Waals surface area (Å²) in [6, 6.07) is 19.3. The van der Waals surface area contributed by atoms with Crippen LogP contribution in [0.25, 0.3) is 0 Å². The van der Waals surface area contributed by atoms with Crippen LogP contribution < -0.4 is 16.1 Å². The molecule has 186 valence electrons. The molecule has 0 heterocycles. The van der Waals surface area contributed by atoms with Gasteiger partial charge in [-0.2, -0.15) is 0 Å². The lowest BCUT2D eigenvalue weighted by molar-refractivity contribution is -0.176. The number of hydrogen-bond acceptors (Lipinski definition) is 4. The first-order chi connectivity index (χ1) is 15.9. The van der Waals surface area contributed by atoms with Gasteiger partial charge in [0.2, 0.25) is 5.91 Å². The van der Waals surface area contributed by atoms with Crippen molar-refractivity contribution < 1.29 is 31.9 Å². The summed E-state index contributed by atoms with van der Waals surface area (Å²) in [5.41, 5.74) is 4.76. The summed E-state index contributed by atoms with van der Waals surface area (Å²) in [5.74, 6) is -4.43. The van der Waals surface area contributed by atoms with Crippen molar-refractivity contribution in [3.63, 3.8) is 0 Å². The van der Waals surface area contributed by atoms with Crippen molar-refractivity contribution in [2.24, 2.45) is 5.73 Å². The summed E-state index contributed by atoms with van der Waals surface area (Å²) in [6.45, 7) is 4.66. The molecule has 2 aromatic carbocycles. The lowest BCUT2D eigenvalue weighted by Crippen LogP contribution is -2.66. The highest BCUT2D eigenvalue weighted by Gasteiger charge is 2.51. The highest BCUT2D eigenvalue weighted by molar-refractivity contribution is 6.99. The zero-order chi connectivity index (χ0) is 25.6. The van der Waals surface area contributed by atoms with Crippen LogP contribution in [0.5, 0.6) is 0 Å². The molecule has 2 aromatic rings. The predicted molar refractivity (Wildman–Crippen MR) is 126 cm³/mol. The molecule has 2 amide bonds. The molecule has 0 aliphatic rings. The normalized spacial score (nSPS) is 13.9. The van der Waals surface area contributed by atoms with Crippen LogP contribution in [0.4, 0.5) is 18.0 Å². The van der Waals surface area contributed by atoms with E-state index in [9.17, 15) is 22.8 Å². The van der Waals surface area contributed by atoms with Crippen LogP contribution in [0, 0.1) is 0 Å². The van der Waals surface area contributed by atoms with Gasteiger partial charge in [-0.25, -0.2) is 18.0 Å². The van der Waals surface area contributed by atoms with Gasteiger partial charge >= 0.3 is 6.09 Å². The number of carbonyl (C=O) groups is 2. The minimum absolute atomic E-state index is 0.119. The van der Waals surface area contributed by atoms with Gasteiger partial charge in [-0.3, -0.25) is 4.79 Å². The molecule has 2 rings (SSSR count). The van der Waals surface area contributed by atoms with Gasteiger partial charge in [0.1, 0.15) is 0 Å². The van der Waals surface area contributed by atoms with E-state index < -0.39 is 39.1 Å². The molecule has 34 heavy (non-hydrogen) atoms. The second-order valence-electron chi connectivity index (χ2n) is 8.94. The van der Waals surface area contributed by atoms with E-state index in [0.717, 1.165) is 17.4 Å². The Hall–Kier alpha value is -2.85. The van der Waals surface area contributed by atoms with E-state index in [1.165, 1.54) is 0 Å². The van der Waals surface area contributed by atoms with Gasteiger partial charge in [0.15, 0.2) is 6.61 Å². The number of amides is 2. The third kappa shape index (κ3) is 5.79. The second-order valence-corrected chi connectivity index (χ2v) is 13.2. The first-order valence-electron chi connectivity index (χ1n) is 10.8. The fourth-order valence-corrected chi connectivity index (χ4v) is 8.47. The number of rotatable bonds is 10. The van der Waals surface area contributed by atoms with Crippen LogP contribution in [0.3, 0.4) is 0 Å². The Bertz CT molecular complexity index is 918. The number of ether oxygens (including phenoxy) is 1. The molecule has 0 aromatic heterocycles. The Morgan fingerprint density at radius 2 is 1.47 bits per heavy atom. The molecule has 6 nitrogen and oxygen atoms in total. The van der Waals surface area contributed by atoms with Crippen molar-refractivity contribution in [2.75, 3.05) is 20.3 Å². The zero-order valence-corrected chi connectivity index (χ0v) is 20.8. The Morgan fingerprint density at radius 1 is 1.00 bits per heavy atom. The topological polar surface area (TPSA) is 81.9 Å². The van der Waals surface area contributed by atoms with Crippen LogP contribution in [0.1, 0.15) is 27.2 Å². The molecule has 1 atom stereocenters. The summed E-state index contributed by atoms with van der Waals surface area (Å²) in [5, 5.41) is 1.61. The molecule has 0 saturated carbocycles. The third-order valence-electron chi connectivity index (χ3n) is 5.73. The molecule has 1 unspecified atom stereocenters. The molecule has 0 saturated heterocycles. The molecule has 10 heteroatoms. The van der Waals surface area contributed by atoms with E-state index in [0.29, 0.717) is 0 Å². The number of nitrogens with zero attached hydrogens (tertiary/aromatic N) is 1. The van der Waals surface area contributed by atoms with E-state index in [1.807, 2.05) is 60.7 Å². The first kappa shape index (κ1) is 27.4. The van der Waals surface area contributed by atoms with Gasteiger partial charge < -0.3 is 19.8 Å². The number of alkyl halides is 3. The molecular formula is C24H31F3N2O4Si. The standard InChI is InChI=1S/C24H31F3N2O4Si/c1-23(2,3)34(18-11-7-5-8-12-18,19-13-9-6-10-14-19)33-16-15-20(30)29(4)24(27,21(25)26)17-32-22(28)31/h5-14,21H,15-17H2,1-4H3,(H2,28,31). The lowest BCUT2D eigenvalue weighted by atomic mass is 10.2. The molecule has 0 aliphatic carbocycles. The number of hydrogen-bond donors (Lipinski definition) is 1. The van der Waals surface area contributed by atoms with Gasteiger partial charge in [0, 0.05) is 20.1 Å². The number of benzene rings is 2. The smallest absolute Gasteiger partial charge is 0.404 e. The summed E-state index contributed by atoms with van der Waals surface area (Å²) in [7, 11) is -2.06. The molecule has 0 bridgehead atoms. The van der Waals surface area contributed by atoms with Crippen molar-refractivity contribution in [3.05, 3.63) is 60.7 Å². The molecule has 0 radical (unpaired) electrons. The lowest BCUT2D eigenvalue weighted by Gasteiger charge is -2.43. The van der Waals surface area contributed by atoms with Gasteiger partial charge in [-0.15, -0.1) is 0 Å². The highest BCUT2D eigenvalue weighted by atomic mass is 28.4. The van der Waals surface area contributed by atoms with Crippen molar-refractivity contribution in [1.82, 2.24) is 4.90 Å². The minimum atomic E-state index is -3.61. The maximum atomic E-state index is 14.9. The average molecular weight is 497 g/mol. The Labute approximate surface area is 199 Å². The molecule has 0 spiro atoms. The summed E-state index contributed by atoms with van der Waals surface area (Å²) >= 11 is 0. The van der Waals surface area contributed by atoms with Crippen molar-refractivity contribution >= 4 is 30.7 Å². The van der Waals surface area contributed by atoms with Crippen LogP contribution in [-0.4, -0.2) is 57.7 Å². The maximum Gasteiger partial charge on any atom is 0.404 e. The molecule has 0 fully saturated rings. The fraction of sp³-hybridized carbons (Fsp3) is 0.417. The molecule has 0 aliphatic heterocycles. The molecular weight excluding hydrogens is 465 g/mol. The SMILES string of the molecule is CN(C(=O)CCO[Si](c1ccccc1)(c1ccccc1)C(C)(C)C)C(F)(COC(N)=O)C(F)F. The number of primary amides is 1. The Kier molecular flexibility index (Phi) is 8.90. The monoisotopic (exact) mass is 496 g/mol. The van der Waals surface area contributed by atoms with Gasteiger partial charge in [-0.05, 0) is 15.4 Å². The van der Waals surface area contributed by atoms with Gasteiger partial charge in [0.25, 0.3) is 20.5 Å². The first-order valence-corrected chi connectivity index (χ1v) is 12.7. The summed E-state index contributed by atoms with van der Waals surface area (Å²) in [6.07, 6.45) is -5.38. The average Bonchev–Trinajstić information content (AvgIpc) is 2.79. The van der Waals surface area contributed by atoms with Crippen molar-refractivity contribution in [3.8, 4) is 0 Å². The van der Waals surface area contributed by atoms with Crippen LogP contribution in [0.15, 0.2) is 60.7 Å². The quantitative estimate of drug-likeness (QED) is 0.404. The summed E-state index contributed by atoms with van der Waals surface area (Å²) < 4.78 is 52.5. The van der Waals surface area contributed by atoms with Crippen molar-refractivity contribution in [1.29, 1.82) is 0 Å². The number of nitrogens with two attached hydrogens (primary N) is 1. The number of halogens is 3. The van der Waals surface area contributed by atoms with E-state index in [1.54, 1.807) is 0 Å². The van der Waals surface area contributed by atoms with Crippen LogP contribution in [-0.2, 0) is 14.0 Å². The number of carbonyl (C=O) groups excluding carboxylic acids is 2. The van der Waals surface area contributed by atoms with E-state index in [-0.39, 0.29) is 23.0 Å². The fourth-order valence-electron chi connectivity index (χ4n) is 3.91.